The van der Waals surface area contributed by atoms with E-state index < -0.39 is 0 Å². The SMILES string of the molecule is CCc1ccccc1NC(=O)Cn1cnc2sc3c(c2c1=O)CC[C@H](C)C3. The van der Waals surface area contributed by atoms with Crippen molar-refractivity contribution in [3.63, 3.8) is 0 Å². The average Bonchev–Trinajstić information content (AvgIpc) is 3.02. The lowest BCUT2D eigenvalue weighted by Gasteiger charge is -2.17. The minimum Gasteiger partial charge on any atom is -0.324 e. The Morgan fingerprint density at radius 3 is 3.00 bits per heavy atom. The van der Waals surface area contributed by atoms with Crippen LogP contribution in [0.15, 0.2) is 35.4 Å². The van der Waals surface area contributed by atoms with Crippen LogP contribution >= 0.6 is 11.3 Å². The zero-order valence-electron chi connectivity index (χ0n) is 15.6. The predicted octanol–water partition coefficient (Wildman–Crippen LogP) is 3.78. The summed E-state index contributed by atoms with van der Waals surface area (Å²) < 4.78 is 1.43. The summed E-state index contributed by atoms with van der Waals surface area (Å²) in [5.74, 6) is 0.439. The van der Waals surface area contributed by atoms with Gasteiger partial charge in [-0.15, -0.1) is 11.3 Å². The molecule has 0 saturated heterocycles. The molecule has 0 fully saturated rings. The highest BCUT2D eigenvalue weighted by molar-refractivity contribution is 7.18. The molecule has 0 bridgehead atoms. The molecule has 0 aliphatic heterocycles. The molecular formula is C21H23N3O2S. The van der Waals surface area contributed by atoms with Crippen LogP contribution in [0.2, 0.25) is 0 Å². The van der Waals surface area contributed by atoms with Crippen molar-refractivity contribution in [2.75, 3.05) is 5.32 Å². The van der Waals surface area contributed by atoms with E-state index in [1.165, 1.54) is 15.8 Å². The summed E-state index contributed by atoms with van der Waals surface area (Å²) in [6, 6.07) is 7.73. The number of aromatic nitrogens is 2. The van der Waals surface area contributed by atoms with E-state index >= 15 is 0 Å². The Morgan fingerprint density at radius 2 is 2.19 bits per heavy atom. The monoisotopic (exact) mass is 381 g/mol. The first-order chi connectivity index (χ1) is 13.1. The molecule has 0 spiro atoms. The highest BCUT2D eigenvalue weighted by atomic mass is 32.1. The van der Waals surface area contributed by atoms with Gasteiger partial charge in [0.15, 0.2) is 0 Å². The minimum absolute atomic E-state index is 0.0269. The van der Waals surface area contributed by atoms with Crippen LogP contribution in [0.5, 0.6) is 0 Å². The first-order valence-corrected chi connectivity index (χ1v) is 10.3. The highest BCUT2D eigenvalue weighted by Crippen LogP contribution is 2.35. The smallest absolute Gasteiger partial charge is 0.262 e. The molecule has 3 aromatic rings. The number of anilines is 1. The van der Waals surface area contributed by atoms with E-state index in [0.29, 0.717) is 11.3 Å². The molecule has 6 heteroatoms. The first-order valence-electron chi connectivity index (χ1n) is 9.44. The minimum atomic E-state index is -0.211. The van der Waals surface area contributed by atoms with E-state index in [2.05, 4.69) is 17.2 Å². The summed E-state index contributed by atoms with van der Waals surface area (Å²) in [6.07, 6.45) is 5.38. The Kier molecular flexibility index (Phi) is 4.83. The van der Waals surface area contributed by atoms with Gasteiger partial charge in [0.1, 0.15) is 11.4 Å². The lowest BCUT2D eigenvalue weighted by Crippen LogP contribution is -2.28. The molecule has 2 heterocycles. The fourth-order valence-electron chi connectivity index (χ4n) is 3.77. The van der Waals surface area contributed by atoms with Gasteiger partial charge in [0.2, 0.25) is 5.91 Å². The van der Waals surface area contributed by atoms with Crippen LogP contribution in [-0.2, 0) is 30.6 Å². The fourth-order valence-corrected chi connectivity index (χ4v) is 5.11. The van der Waals surface area contributed by atoms with Crippen molar-refractivity contribution in [2.24, 2.45) is 5.92 Å². The van der Waals surface area contributed by atoms with Gasteiger partial charge in [-0.1, -0.05) is 32.0 Å². The van der Waals surface area contributed by atoms with E-state index in [0.717, 1.165) is 47.3 Å². The summed E-state index contributed by atoms with van der Waals surface area (Å²) in [7, 11) is 0. The molecule has 27 heavy (non-hydrogen) atoms. The second kappa shape index (κ2) is 7.27. The van der Waals surface area contributed by atoms with Crippen LogP contribution < -0.4 is 10.9 Å². The molecule has 1 amide bonds. The lowest BCUT2D eigenvalue weighted by molar-refractivity contribution is -0.116. The molecule has 0 unspecified atom stereocenters. The van der Waals surface area contributed by atoms with E-state index in [-0.39, 0.29) is 18.0 Å². The Morgan fingerprint density at radius 1 is 1.37 bits per heavy atom. The molecule has 5 nitrogen and oxygen atoms in total. The molecule has 1 atom stereocenters. The summed E-state index contributed by atoms with van der Waals surface area (Å²) in [6.45, 7) is 4.27. The summed E-state index contributed by atoms with van der Waals surface area (Å²) in [5.41, 5.74) is 2.92. The average molecular weight is 382 g/mol. The number of nitrogens with zero attached hydrogens (tertiary/aromatic N) is 2. The van der Waals surface area contributed by atoms with Gasteiger partial charge in [-0.3, -0.25) is 14.2 Å². The van der Waals surface area contributed by atoms with Crippen molar-refractivity contribution < 1.29 is 4.79 Å². The van der Waals surface area contributed by atoms with Gasteiger partial charge in [-0.2, -0.15) is 0 Å². The van der Waals surface area contributed by atoms with E-state index in [4.69, 9.17) is 0 Å². The molecule has 0 radical (unpaired) electrons. The number of carbonyl (C=O) groups excluding carboxylic acids is 1. The molecule has 1 aromatic carbocycles. The number of amides is 1. The second-order valence-electron chi connectivity index (χ2n) is 7.27. The number of thiophene rings is 1. The number of aryl methyl sites for hydroxylation is 2. The molecule has 2 aromatic heterocycles. The zero-order chi connectivity index (χ0) is 19.0. The van der Waals surface area contributed by atoms with Gasteiger partial charge >= 0.3 is 0 Å². The zero-order valence-corrected chi connectivity index (χ0v) is 16.4. The number of nitrogens with one attached hydrogen (secondary N) is 1. The van der Waals surface area contributed by atoms with Gasteiger partial charge in [0.05, 0.1) is 11.7 Å². The summed E-state index contributed by atoms with van der Waals surface area (Å²) >= 11 is 1.63. The predicted molar refractivity (Wildman–Crippen MR) is 110 cm³/mol. The number of para-hydroxylation sites is 1. The number of benzene rings is 1. The third-order valence-electron chi connectivity index (χ3n) is 5.27. The van der Waals surface area contributed by atoms with Crippen molar-refractivity contribution in [1.29, 1.82) is 0 Å². The Labute approximate surface area is 162 Å². The molecule has 1 aliphatic carbocycles. The van der Waals surface area contributed by atoms with E-state index in [9.17, 15) is 9.59 Å². The van der Waals surface area contributed by atoms with Crippen molar-refractivity contribution in [3.05, 3.63) is 57.0 Å². The van der Waals surface area contributed by atoms with E-state index in [1.807, 2.05) is 31.2 Å². The van der Waals surface area contributed by atoms with Crippen molar-refractivity contribution in [3.8, 4) is 0 Å². The highest BCUT2D eigenvalue weighted by Gasteiger charge is 2.23. The largest absolute Gasteiger partial charge is 0.324 e. The van der Waals surface area contributed by atoms with Crippen molar-refractivity contribution in [2.45, 2.75) is 46.1 Å². The van der Waals surface area contributed by atoms with Crippen LogP contribution in [0.3, 0.4) is 0 Å². The number of fused-ring (bicyclic) bond motifs is 3. The molecule has 0 saturated carbocycles. The normalized spacial score (nSPS) is 16.3. The first kappa shape index (κ1) is 17.9. The third-order valence-corrected chi connectivity index (χ3v) is 6.43. The van der Waals surface area contributed by atoms with Crippen molar-refractivity contribution >= 4 is 33.1 Å². The molecule has 1 aliphatic rings. The quantitative estimate of drug-likeness (QED) is 0.748. The maximum atomic E-state index is 13.0. The lowest BCUT2D eigenvalue weighted by atomic mass is 9.89. The standard InChI is InChI=1S/C21H23N3O2S/c1-3-14-6-4-5-7-16(14)23-18(25)11-24-12-22-20-19(21(24)26)15-9-8-13(2)10-17(15)27-20/h4-7,12-13H,3,8-11H2,1-2H3,(H,23,25)/t13-/m0/s1. The Bertz CT molecular complexity index is 1070. The van der Waals surface area contributed by atoms with Gasteiger partial charge < -0.3 is 5.32 Å². The molecule has 140 valence electrons. The van der Waals surface area contributed by atoms with Gasteiger partial charge in [-0.25, -0.2) is 4.98 Å². The van der Waals surface area contributed by atoms with Crippen LogP contribution in [0.25, 0.3) is 10.2 Å². The second-order valence-corrected chi connectivity index (χ2v) is 8.35. The van der Waals surface area contributed by atoms with Gasteiger partial charge in [0.25, 0.3) is 5.56 Å². The van der Waals surface area contributed by atoms with Crippen LogP contribution in [0, 0.1) is 5.92 Å². The van der Waals surface area contributed by atoms with Gasteiger partial charge in [-0.05, 0) is 48.8 Å². The van der Waals surface area contributed by atoms with Crippen LogP contribution in [-0.4, -0.2) is 15.5 Å². The van der Waals surface area contributed by atoms with Gasteiger partial charge in [0, 0.05) is 10.6 Å². The van der Waals surface area contributed by atoms with Crippen LogP contribution in [0.1, 0.15) is 36.3 Å². The van der Waals surface area contributed by atoms with Crippen LogP contribution in [0.4, 0.5) is 5.69 Å². The summed E-state index contributed by atoms with van der Waals surface area (Å²) in [4.78, 5) is 32.1. The third kappa shape index (κ3) is 3.41. The number of hydrogen-bond donors (Lipinski definition) is 1. The Balaban J connectivity index is 1.62. The number of rotatable bonds is 4. The Hall–Kier alpha value is -2.47. The number of hydrogen-bond acceptors (Lipinski definition) is 4. The molecule has 4 rings (SSSR count). The topological polar surface area (TPSA) is 64.0 Å². The number of carbonyl (C=O) groups is 1. The molecular weight excluding hydrogens is 358 g/mol. The maximum absolute atomic E-state index is 13.0. The van der Waals surface area contributed by atoms with E-state index in [1.54, 1.807) is 11.3 Å². The molecule has 1 N–H and O–H groups in total. The summed E-state index contributed by atoms with van der Waals surface area (Å²) in [5, 5.41) is 3.64. The van der Waals surface area contributed by atoms with Crippen molar-refractivity contribution in [1.82, 2.24) is 9.55 Å². The maximum Gasteiger partial charge on any atom is 0.262 e. The fraction of sp³-hybridized carbons (Fsp3) is 0.381.